The third kappa shape index (κ3) is 3.67. The predicted molar refractivity (Wildman–Crippen MR) is 34.3 cm³/mol. The van der Waals surface area contributed by atoms with Crippen LogP contribution in [0.25, 0.3) is 0 Å². The highest BCUT2D eigenvalue weighted by Gasteiger charge is 1.96. The molecule has 8 heavy (non-hydrogen) atoms. The summed E-state index contributed by atoms with van der Waals surface area (Å²) in [6.45, 7) is 4.26. The van der Waals surface area contributed by atoms with Gasteiger partial charge in [0.15, 0.2) is 0 Å². The SMILES string of the molecule is CCC[C@@H](C)CC#N. The molecule has 46 valence electrons. The van der Waals surface area contributed by atoms with Crippen LogP contribution in [0.15, 0.2) is 0 Å². The lowest BCUT2D eigenvalue weighted by molar-refractivity contribution is 0.537. The molecule has 0 aromatic carbocycles. The molecule has 0 spiro atoms. The largest absolute Gasteiger partial charge is 0.198 e. The monoisotopic (exact) mass is 111 g/mol. The van der Waals surface area contributed by atoms with E-state index in [1.54, 1.807) is 0 Å². The first-order valence-electron chi connectivity index (χ1n) is 3.18. The fourth-order valence-corrected chi connectivity index (χ4v) is 0.751. The van der Waals surface area contributed by atoms with E-state index >= 15 is 0 Å². The summed E-state index contributed by atoms with van der Waals surface area (Å²) in [4.78, 5) is 0. The van der Waals surface area contributed by atoms with Gasteiger partial charge in [0, 0.05) is 6.42 Å². The molecule has 0 fully saturated rings. The summed E-state index contributed by atoms with van der Waals surface area (Å²) in [7, 11) is 0. The van der Waals surface area contributed by atoms with Gasteiger partial charge in [-0.2, -0.15) is 5.26 Å². The van der Waals surface area contributed by atoms with Crippen LogP contribution in [0.3, 0.4) is 0 Å². The molecule has 0 radical (unpaired) electrons. The fraction of sp³-hybridized carbons (Fsp3) is 0.857. The first-order valence-corrected chi connectivity index (χ1v) is 3.18. The number of nitrogens with zero attached hydrogens (tertiary/aromatic N) is 1. The van der Waals surface area contributed by atoms with Crippen LogP contribution in [0.2, 0.25) is 0 Å². The number of rotatable bonds is 3. The molecular formula is C7H13N. The maximum Gasteiger partial charge on any atom is 0.0624 e. The molecule has 0 aromatic heterocycles. The average Bonchev–Trinajstić information content (AvgIpc) is 1.68. The van der Waals surface area contributed by atoms with Crippen LogP contribution in [0.1, 0.15) is 33.1 Å². The van der Waals surface area contributed by atoms with Crippen molar-refractivity contribution in [2.45, 2.75) is 33.1 Å². The Morgan fingerprint density at radius 3 is 2.62 bits per heavy atom. The van der Waals surface area contributed by atoms with Gasteiger partial charge in [-0.3, -0.25) is 0 Å². The molecule has 0 saturated carbocycles. The third-order valence-electron chi connectivity index (χ3n) is 1.22. The zero-order chi connectivity index (χ0) is 6.41. The second-order valence-corrected chi connectivity index (χ2v) is 2.26. The van der Waals surface area contributed by atoms with Crippen molar-refractivity contribution in [2.24, 2.45) is 5.92 Å². The Labute approximate surface area is 51.3 Å². The molecule has 0 amide bonds. The molecule has 0 rings (SSSR count). The van der Waals surface area contributed by atoms with E-state index in [0.29, 0.717) is 12.3 Å². The van der Waals surface area contributed by atoms with Gasteiger partial charge in [-0.25, -0.2) is 0 Å². The number of hydrogen-bond donors (Lipinski definition) is 0. The first-order chi connectivity index (χ1) is 3.81. The van der Waals surface area contributed by atoms with Crippen molar-refractivity contribution in [1.82, 2.24) is 0 Å². The van der Waals surface area contributed by atoms with Crippen LogP contribution >= 0.6 is 0 Å². The summed E-state index contributed by atoms with van der Waals surface area (Å²) >= 11 is 0. The summed E-state index contributed by atoms with van der Waals surface area (Å²) in [5, 5.41) is 8.21. The maximum atomic E-state index is 8.21. The predicted octanol–water partition coefficient (Wildman–Crippen LogP) is 2.34. The van der Waals surface area contributed by atoms with E-state index in [0.717, 1.165) is 0 Å². The van der Waals surface area contributed by atoms with E-state index in [2.05, 4.69) is 19.9 Å². The zero-order valence-electron chi connectivity index (χ0n) is 5.65. The number of nitriles is 1. The van der Waals surface area contributed by atoms with Gasteiger partial charge in [0.2, 0.25) is 0 Å². The van der Waals surface area contributed by atoms with Crippen LogP contribution in [0.5, 0.6) is 0 Å². The minimum atomic E-state index is 0.602. The normalized spacial score (nSPS) is 12.6. The smallest absolute Gasteiger partial charge is 0.0624 e. The van der Waals surface area contributed by atoms with E-state index in [1.807, 2.05) is 0 Å². The second kappa shape index (κ2) is 4.64. The van der Waals surface area contributed by atoms with Crippen molar-refractivity contribution in [3.05, 3.63) is 0 Å². The highest BCUT2D eigenvalue weighted by Crippen LogP contribution is 2.07. The summed E-state index contributed by atoms with van der Waals surface area (Å²) in [6.07, 6.45) is 3.10. The van der Waals surface area contributed by atoms with E-state index in [4.69, 9.17) is 5.26 Å². The van der Waals surface area contributed by atoms with Crippen molar-refractivity contribution in [1.29, 1.82) is 5.26 Å². The van der Waals surface area contributed by atoms with Crippen LogP contribution in [-0.2, 0) is 0 Å². The standard InChI is InChI=1S/C7H13N/c1-3-4-7(2)5-6-8/h7H,3-5H2,1-2H3/t7-/m1/s1. The van der Waals surface area contributed by atoms with Gasteiger partial charge in [0.1, 0.15) is 0 Å². The van der Waals surface area contributed by atoms with E-state index in [9.17, 15) is 0 Å². The maximum absolute atomic E-state index is 8.21. The zero-order valence-corrected chi connectivity index (χ0v) is 5.65. The lowest BCUT2D eigenvalue weighted by Gasteiger charge is -2.00. The molecule has 0 aliphatic heterocycles. The van der Waals surface area contributed by atoms with Gasteiger partial charge in [-0.15, -0.1) is 0 Å². The fourth-order valence-electron chi connectivity index (χ4n) is 0.751. The van der Waals surface area contributed by atoms with Crippen LogP contribution in [-0.4, -0.2) is 0 Å². The van der Waals surface area contributed by atoms with Crippen LogP contribution in [0.4, 0.5) is 0 Å². The Balaban J connectivity index is 3.08. The summed E-state index contributed by atoms with van der Waals surface area (Å²) in [6, 6.07) is 2.15. The molecule has 0 heterocycles. The minimum Gasteiger partial charge on any atom is -0.198 e. The topological polar surface area (TPSA) is 23.8 Å². The van der Waals surface area contributed by atoms with Gasteiger partial charge >= 0.3 is 0 Å². The van der Waals surface area contributed by atoms with Crippen LogP contribution in [0, 0.1) is 17.2 Å². The van der Waals surface area contributed by atoms with E-state index in [-0.39, 0.29) is 0 Å². The molecule has 1 atom stereocenters. The molecule has 0 aliphatic carbocycles. The summed E-state index contributed by atoms with van der Waals surface area (Å²) < 4.78 is 0. The molecule has 1 heteroatoms. The van der Waals surface area contributed by atoms with Crippen molar-refractivity contribution >= 4 is 0 Å². The number of hydrogen-bond acceptors (Lipinski definition) is 1. The van der Waals surface area contributed by atoms with Gasteiger partial charge in [0.05, 0.1) is 6.07 Å². The quantitative estimate of drug-likeness (QED) is 0.548. The molecule has 1 nitrogen and oxygen atoms in total. The minimum absolute atomic E-state index is 0.602. The Bertz CT molecular complexity index is 80.9. The molecule has 0 aromatic rings. The Morgan fingerprint density at radius 2 is 2.25 bits per heavy atom. The van der Waals surface area contributed by atoms with E-state index < -0.39 is 0 Å². The molecule has 0 bridgehead atoms. The molecule has 0 aliphatic rings. The summed E-state index contributed by atoms with van der Waals surface area (Å²) in [5.41, 5.74) is 0. The Hall–Kier alpha value is -0.510. The Kier molecular flexibility index (Phi) is 4.35. The van der Waals surface area contributed by atoms with Crippen LogP contribution < -0.4 is 0 Å². The highest BCUT2D eigenvalue weighted by atomic mass is 14.2. The summed E-state index contributed by atoms with van der Waals surface area (Å²) in [5.74, 6) is 0.602. The average molecular weight is 111 g/mol. The van der Waals surface area contributed by atoms with Gasteiger partial charge in [-0.1, -0.05) is 20.3 Å². The van der Waals surface area contributed by atoms with Crippen molar-refractivity contribution < 1.29 is 0 Å². The van der Waals surface area contributed by atoms with Crippen molar-refractivity contribution in [2.75, 3.05) is 0 Å². The molecule has 0 unspecified atom stereocenters. The first kappa shape index (κ1) is 7.49. The third-order valence-corrected chi connectivity index (χ3v) is 1.22. The Morgan fingerprint density at radius 1 is 1.62 bits per heavy atom. The molecular weight excluding hydrogens is 98.1 g/mol. The van der Waals surface area contributed by atoms with Crippen molar-refractivity contribution in [3.63, 3.8) is 0 Å². The molecule has 0 N–H and O–H groups in total. The van der Waals surface area contributed by atoms with Gasteiger partial charge in [-0.05, 0) is 12.3 Å². The molecule has 0 saturated heterocycles. The second-order valence-electron chi connectivity index (χ2n) is 2.26. The highest BCUT2D eigenvalue weighted by molar-refractivity contribution is 4.72. The lowest BCUT2D eigenvalue weighted by atomic mass is 10.0. The lowest BCUT2D eigenvalue weighted by Crippen LogP contribution is -1.89. The van der Waals surface area contributed by atoms with Crippen molar-refractivity contribution in [3.8, 4) is 6.07 Å². The van der Waals surface area contributed by atoms with Gasteiger partial charge < -0.3 is 0 Å². The van der Waals surface area contributed by atoms with E-state index in [1.165, 1.54) is 12.8 Å². The van der Waals surface area contributed by atoms with Gasteiger partial charge in [0.25, 0.3) is 0 Å².